The van der Waals surface area contributed by atoms with Crippen molar-refractivity contribution >= 4 is 17.5 Å². The van der Waals surface area contributed by atoms with Gasteiger partial charge in [-0.3, -0.25) is 4.79 Å². The van der Waals surface area contributed by atoms with Gasteiger partial charge in [0.15, 0.2) is 0 Å². The fourth-order valence-electron chi connectivity index (χ4n) is 10.3. The SMILES string of the molecule is CC(C)CCC[C@@H](C)[C@H]1CC[C@H]2[C@@H]3CCC4C[C@@H]5NC(=O)[C@H](Cl)[C@@H]5C[C@]4(C)[C@H]3CC[C@]12C. The quantitative estimate of drug-likeness (QED) is 0.423. The van der Waals surface area contributed by atoms with Crippen LogP contribution in [0.5, 0.6) is 0 Å². The standard InChI is InChI=1S/C29H48ClNO/c1-17(2)7-6-8-18(3)22-11-12-23-20-10-9-19-15-25-21(26(30)27(32)31-25)16-29(19,5)24(20)13-14-28(22,23)4/h17-26H,6-16H2,1-5H3,(H,31,32)/t18-,19?,20+,21-,22-,23+,24+,25+,26-,28-,29+/m1/s1. The molecule has 0 spiro atoms. The zero-order valence-electron chi connectivity index (χ0n) is 21.3. The number of carbonyl (C=O) groups is 1. The van der Waals surface area contributed by atoms with Crippen LogP contribution in [-0.2, 0) is 4.79 Å². The summed E-state index contributed by atoms with van der Waals surface area (Å²) in [4.78, 5) is 12.3. The predicted octanol–water partition coefficient (Wildman–Crippen LogP) is 7.44. The van der Waals surface area contributed by atoms with E-state index in [9.17, 15) is 4.79 Å². The predicted molar refractivity (Wildman–Crippen MR) is 134 cm³/mol. The molecule has 5 aliphatic rings. The number of halogens is 1. The molecule has 1 aliphatic heterocycles. The van der Waals surface area contributed by atoms with Crippen molar-refractivity contribution in [2.45, 2.75) is 117 Å². The van der Waals surface area contributed by atoms with Crippen molar-refractivity contribution < 1.29 is 4.79 Å². The van der Waals surface area contributed by atoms with Crippen LogP contribution >= 0.6 is 11.6 Å². The molecule has 3 heteroatoms. The average Bonchev–Trinajstić information content (AvgIpc) is 3.22. The molecule has 1 N–H and O–H groups in total. The number of rotatable bonds is 5. The first-order valence-electron chi connectivity index (χ1n) is 14.1. The number of carbonyl (C=O) groups excluding carboxylic acids is 1. The van der Waals surface area contributed by atoms with Gasteiger partial charge in [-0.1, -0.05) is 53.9 Å². The molecule has 11 atom stereocenters. The minimum absolute atomic E-state index is 0.0989. The molecule has 0 aromatic heterocycles. The lowest BCUT2D eigenvalue weighted by Gasteiger charge is -2.62. The topological polar surface area (TPSA) is 29.1 Å². The summed E-state index contributed by atoms with van der Waals surface area (Å²) >= 11 is 6.62. The van der Waals surface area contributed by atoms with Gasteiger partial charge in [0.05, 0.1) is 0 Å². The normalized spacial score (nSPS) is 50.9. The van der Waals surface area contributed by atoms with Gasteiger partial charge < -0.3 is 5.32 Å². The molecule has 1 saturated heterocycles. The van der Waals surface area contributed by atoms with Crippen LogP contribution in [0.15, 0.2) is 0 Å². The molecule has 0 radical (unpaired) electrons. The van der Waals surface area contributed by atoms with Gasteiger partial charge in [-0.25, -0.2) is 0 Å². The number of fused-ring (bicyclic) bond motifs is 6. The lowest BCUT2D eigenvalue weighted by Crippen LogP contribution is -2.56. The van der Waals surface area contributed by atoms with E-state index in [0.717, 1.165) is 41.4 Å². The summed E-state index contributed by atoms with van der Waals surface area (Å²) in [5, 5.41) is 2.95. The molecule has 182 valence electrons. The second-order valence-corrected chi connectivity index (χ2v) is 14.3. The Morgan fingerprint density at radius 3 is 2.47 bits per heavy atom. The summed E-state index contributed by atoms with van der Waals surface area (Å²) in [6, 6.07) is 0.344. The molecule has 1 unspecified atom stereocenters. The highest BCUT2D eigenvalue weighted by molar-refractivity contribution is 6.31. The van der Waals surface area contributed by atoms with E-state index in [1.54, 1.807) is 0 Å². The highest BCUT2D eigenvalue weighted by Gasteiger charge is 2.62. The van der Waals surface area contributed by atoms with Crippen molar-refractivity contribution in [3.63, 3.8) is 0 Å². The van der Waals surface area contributed by atoms with Gasteiger partial charge in [0.1, 0.15) is 5.38 Å². The van der Waals surface area contributed by atoms with E-state index < -0.39 is 0 Å². The van der Waals surface area contributed by atoms with Gasteiger partial charge in [-0.05, 0) is 104 Å². The number of amides is 1. The molecular formula is C29H48ClNO. The average molecular weight is 462 g/mol. The van der Waals surface area contributed by atoms with E-state index in [4.69, 9.17) is 11.6 Å². The largest absolute Gasteiger partial charge is 0.352 e. The third-order valence-corrected chi connectivity index (χ3v) is 12.5. The van der Waals surface area contributed by atoms with Crippen molar-refractivity contribution in [3.8, 4) is 0 Å². The minimum Gasteiger partial charge on any atom is -0.352 e. The smallest absolute Gasteiger partial charge is 0.238 e. The van der Waals surface area contributed by atoms with Gasteiger partial charge in [0.25, 0.3) is 0 Å². The Bertz CT molecular complexity index is 722. The number of hydrogen-bond donors (Lipinski definition) is 1. The van der Waals surface area contributed by atoms with Crippen LogP contribution in [0.25, 0.3) is 0 Å². The van der Waals surface area contributed by atoms with Crippen molar-refractivity contribution in [2.24, 2.45) is 58.2 Å². The molecule has 0 aromatic carbocycles. The van der Waals surface area contributed by atoms with Crippen LogP contribution in [0.4, 0.5) is 0 Å². The molecule has 2 nitrogen and oxygen atoms in total. The monoisotopic (exact) mass is 461 g/mol. The molecule has 5 fully saturated rings. The zero-order chi connectivity index (χ0) is 22.8. The maximum atomic E-state index is 12.3. The molecule has 1 amide bonds. The Kier molecular flexibility index (Phi) is 6.21. The van der Waals surface area contributed by atoms with Gasteiger partial charge in [0.2, 0.25) is 5.91 Å². The fraction of sp³-hybridized carbons (Fsp3) is 0.966. The van der Waals surface area contributed by atoms with E-state index >= 15 is 0 Å². The first-order valence-corrected chi connectivity index (χ1v) is 14.5. The van der Waals surface area contributed by atoms with Crippen LogP contribution in [-0.4, -0.2) is 17.3 Å². The minimum atomic E-state index is -0.297. The second kappa shape index (κ2) is 8.46. The summed E-state index contributed by atoms with van der Waals surface area (Å²) in [6.45, 7) is 12.6. The Hall–Kier alpha value is -0.240. The lowest BCUT2D eigenvalue weighted by atomic mass is 9.43. The van der Waals surface area contributed by atoms with E-state index in [0.29, 0.717) is 22.8 Å². The first-order chi connectivity index (χ1) is 15.1. The number of nitrogens with one attached hydrogen (secondary N) is 1. The number of hydrogen-bond acceptors (Lipinski definition) is 1. The van der Waals surface area contributed by atoms with Crippen molar-refractivity contribution in [1.29, 1.82) is 0 Å². The maximum absolute atomic E-state index is 12.3. The molecule has 4 aliphatic carbocycles. The molecule has 1 heterocycles. The fourth-order valence-corrected chi connectivity index (χ4v) is 10.7. The maximum Gasteiger partial charge on any atom is 0.238 e. The van der Waals surface area contributed by atoms with Crippen LogP contribution in [0.2, 0.25) is 0 Å². The molecule has 32 heavy (non-hydrogen) atoms. The summed E-state index contributed by atoms with van der Waals surface area (Å²) < 4.78 is 0. The van der Waals surface area contributed by atoms with Crippen molar-refractivity contribution in [1.82, 2.24) is 5.32 Å². The third kappa shape index (κ3) is 3.59. The van der Waals surface area contributed by atoms with E-state index in [2.05, 4.69) is 39.9 Å². The van der Waals surface area contributed by atoms with Gasteiger partial charge in [0, 0.05) is 12.0 Å². The molecular weight excluding hydrogens is 414 g/mol. The van der Waals surface area contributed by atoms with E-state index in [1.165, 1.54) is 70.6 Å². The van der Waals surface area contributed by atoms with Gasteiger partial charge in [-0.15, -0.1) is 11.6 Å². The Balaban J connectivity index is 1.31. The van der Waals surface area contributed by atoms with E-state index in [1.807, 2.05) is 0 Å². The molecule has 4 saturated carbocycles. The van der Waals surface area contributed by atoms with E-state index in [-0.39, 0.29) is 11.3 Å². The molecule has 0 aromatic rings. The van der Waals surface area contributed by atoms with Gasteiger partial charge >= 0.3 is 0 Å². The summed E-state index contributed by atoms with van der Waals surface area (Å²) in [5.41, 5.74) is 0.963. The first kappa shape index (κ1) is 23.5. The summed E-state index contributed by atoms with van der Waals surface area (Å²) in [6.07, 6.45) is 15.2. The van der Waals surface area contributed by atoms with Gasteiger partial charge in [-0.2, -0.15) is 0 Å². The summed E-state index contributed by atoms with van der Waals surface area (Å²) in [7, 11) is 0. The Morgan fingerprint density at radius 1 is 0.969 bits per heavy atom. The zero-order valence-corrected chi connectivity index (χ0v) is 22.1. The summed E-state index contributed by atoms with van der Waals surface area (Å²) in [5.74, 6) is 6.60. The van der Waals surface area contributed by atoms with Crippen molar-refractivity contribution in [3.05, 3.63) is 0 Å². The highest BCUT2D eigenvalue weighted by atomic mass is 35.5. The second-order valence-electron chi connectivity index (χ2n) is 13.8. The Labute approximate surface area is 202 Å². The Morgan fingerprint density at radius 2 is 1.72 bits per heavy atom. The highest BCUT2D eigenvalue weighted by Crippen LogP contribution is 2.69. The third-order valence-electron chi connectivity index (χ3n) is 12.0. The lowest BCUT2D eigenvalue weighted by molar-refractivity contribution is -0.124. The molecule has 5 rings (SSSR count). The molecule has 0 bridgehead atoms. The van der Waals surface area contributed by atoms with Crippen LogP contribution in [0.1, 0.15) is 105 Å². The van der Waals surface area contributed by atoms with Crippen molar-refractivity contribution in [2.75, 3.05) is 0 Å². The van der Waals surface area contributed by atoms with Crippen LogP contribution in [0.3, 0.4) is 0 Å². The van der Waals surface area contributed by atoms with Crippen LogP contribution < -0.4 is 5.32 Å². The number of alkyl halides is 1. The van der Waals surface area contributed by atoms with Crippen LogP contribution in [0, 0.1) is 58.2 Å².